The number of benzene rings is 1. The summed E-state index contributed by atoms with van der Waals surface area (Å²) in [6.07, 6.45) is 5.45. The summed E-state index contributed by atoms with van der Waals surface area (Å²) in [5, 5.41) is 3.77. The van der Waals surface area contributed by atoms with E-state index in [0.717, 1.165) is 16.5 Å². The third-order valence-corrected chi connectivity index (χ3v) is 2.17. The second kappa shape index (κ2) is 4.00. The molecule has 2 aromatic rings. The molecule has 0 atom stereocenters. The fourth-order valence-corrected chi connectivity index (χ4v) is 1.48. The number of hydrogen-bond donors (Lipinski definition) is 2. The van der Waals surface area contributed by atoms with Gasteiger partial charge in [0.15, 0.2) is 0 Å². The molecule has 3 nitrogen and oxygen atoms in total. The molecule has 0 saturated heterocycles. The van der Waals surface area contributed by atoms with E-state index < -0.39 is 0 Å². The third-order valence-electron chi connectivity index (χ3n) is 2.17. The van der Waals surface area contributed by atoms with Crippen LogP contribution in [0.1, 0.15) is 12.5 Å². The number of fused-ring (bicyclic) bond motifs is 1. The molecule has 0 spiro atoms. The summed E-state index contributed by atoms with van der Waals surface area (Å²) in [5.41, 5.74) is 2.17. The molecular formula is C12H12N2O. The predicted molar refractivity (Wildman–Crippen MR) is 61.1 cm³/mol. The van der Waals surface area contributed by atoms with Crippen molar-refractivity contribution in [2.75, 3.05) is 0 Å². The Balaban J connectivity index is 2.28. The first-order valence-electron chi connectivity index (χ1n) is 4.77. The zero-order valence-electron chi connectivity index (χ0n) is 8.45. The number of para-hydroxylation sites is 1. The van der Waals surface area contributed by atoms with Gasteiger partial charge in [-0.1, -0.05) is 18.2 Å². The molecule has 2 N–H and O–H groups in total. The van der Waals surface area contributed by atoms with Gasteiger partial charge in [0.25, 0.3) is 0 Å². The van der Waals surface area contributed by atoms with Crippen molar-refractivity contribution in [2.24, 2.45) is 0 Å². The van der Waals surface area contributed by atoms with Crippen molar-refractivity contribution >= 4 is 22.9 Å². The molecule has 0 fully saturated rings. The quantitative estimate of drug-likeness (QED) is 0.767. The van der Waals surface area contributed by atoms with Gasteiger partial charge >= 0.3 is 0 Å². The Labute approximate surface area is 87.8 Å². The molecule has 0 aliphatic rings. The minimum absolute atomic E-state index is 0.0638. The maximum Gasteiger partial charge on any atom is 0.220 e. The second-order valence-electron chi connectivity index (χ2n) is 3.32. The Morgan fingerprint density at radius 2 is 2.20 bits per heavy atom. The molecular weight excluding hydrogens is 188 g/mol. The first-order chi connectivity index (χ1) is 7.27. The fraction of sp³-hybridized carbons (Fsp3) is 0.0833. The van der Waals surface area contributed by atoms with Gasteiger partial charge in [0.2, 0.25) is 5.91 Å². The molecule has 1 aromatic carbocycles. The number of aromatic amines is 1. The highest BCUT2D eigenvalue weighted by molar-refractivity contribution is 5.89. The lowest BCUT2D eigenvalue weighted by Gasteiger charge is -1.92. The molecule has 0 radical (unpaired) electrons. The van der Waals surface area contributed by atoms with E-state index in [1.54, 1.807) is 6.20 Å². The van der Waals surface area contributed by atoms with E-state index in [1.807, 2.05) is 36.5 Å². The number of carbonyl (C=O) groups excluding carboxylic acids is 1. The number of nitrogens with one attached hydrogen (secondary N) is 2. The van der Waals surface area contributed by atoms with Gasteiger partial charge in [-0.2, -0.15) is 0 Å². The summed E-state index contributed by atoms with van der Waals surface area (Å²) in [4.78, 5) is 13.8. The van der Waals surface area contributed by atoms with Crippen LogP contribution in [0.5, 0.6) is 0 Å². The van der Waals surface area contributed by atoms with E-state index in [2.05, 4.69) is 10.3 Å². The highest BCUT2D eigenvalue weighted by atomic mass is 16.1. The van der Waals surface area contributed by atoms with Gasteiger partial charge < -0.3 is 10.3 Å². The van der Waals surface area contributed by atoms with Crippen LogP contribution in [0.2, 0.25) is 0 Å². The predicted octanol–water partition coefficient (Wildman–Crippen LogP) is 2.27. The van der Waals surface area contributed by atoms with Crippen LogP contribution in [0.3, 0.4) is 0 Å². The van der Waals surface area contributed by atoms with Crippen LogP contribution < -0.4 is 5.32 Å². The van der Waals surface area contributed by atoms with Gasteiger partial charge in [-0.3, -0.25) is 4.79 Å². The molecule has 76 valence electrons. The maximum atomic E-state index is 10.7. The van der Waals surface area contributed by atoms with Crippen molar-refractivity contribution in [2.45, 2.75) is 6.92 Å². The summed E-state index contributed by atoms with van der Waals surface area (Å²) in [6, 6.07) is 8.04. The molecule has 1 amide bonds. The molecule has 1 heterocycles. The zero-order valence-corrected chi connectivity index (χ0v) is 8.45. The largest absolute Gasteiger partial charge is 0.361 e. The van der Waals surface area contributed by atoms with E-state index in [0.29, 0.717) is 0 Å². The molecule has 0 bridgehead atoms. The highest BCUT2D eigenvalue weighted by Gasteiger charge is 1.98. The SMILES string of the molecule is CC(=O)N/C=C\c1c[nH]c2ccccc12. The molecule has 1 aromatic heterocycles. The van der Waals surface area contributed by atoms with Crippen molar-refractivity contribution in [3.8, 4) is 0 Å². The third kappa shape index (κ3) is 2.07. The van der Waals surface area contributed by atoms with Crippen molar-refractivity contribution < 1.29 is 4.79 Å². The van der Waals surface area contributed by atoms with Crippen molar-refractivity contribution in [3.63, 3.8) is 0 Å². The van der Waals surface area contributed by atoms with Crippen LogP contribution in [0.4, 0.5) is 0 Å². The average molecular weight is 200 g/mol. The van der Waals surface area contributed by atoms with Gasteiger partial charge in [-0.15, -0.1) is 0 Å². The molecule has 0 saturated carbocycles. The Morgan fingerprint density at radius 3 is 3.00 bits per heavy atom. The van der Waals surface area contributed by atoms with Gasteiger partial charge in [0.05, 0.1) is 0 Å². The van der Waals surface area contributed by atoms with E-state index >= 15 is 0 Å². The number of rotatable bonds is 2. The van der Waals surface area contributed by atoms with E-state index in [9.17, 15) is 4.79 Å². The number of hydrogen-bond acceptors (Lipinski definition) is 1. The van der Waals surface area contributed by atoms with Crippen LogP contribution in [-0.2, 0) is 4.79 Å². The van der Waals surface area contributed by atoms with Crippen LogP contribution in [-0.4, -0.2) is 10.9 Å². The molecule has 0 aliphatic carbocycles. The Kier molecular flexibility index (Phi) is 2.54. The van der Waals surface area contributed by atoms with Crippen molar-refractivity contribution in [3.05, 3.63) is 42.2 Å². The van der Waals surface area contributed by atoms with Gasteiger partial charge in [0, 0.05) is 35.8 Å². The summed E-state index contributed by atoms with van der Waals surface area (Å²) in [5.74, 6) is -0.0638. The molecule has 0 aliphatic heterocycles. The summed E-state index contributed by atoms with van der Waals surface area (Å²) in [6.45, 7) is 1.49. The zero-order chi connectivity index (χ0) is 10.7. The van der Waals surface area contributed by atoms with Gasteiger partial charge in [-0.05, 0) is 12.1 Å². The Morgan fingerprint density at radius 1 is 1.40 bits per heavy atom. The Bertz CT molecular complexity index is 511. The van der Waals surface area contributed by atoms with E-state index in [4.69, 9.17) is 0 Å². The molecule has 0 unspecified atom stereocenters. The highest BCUT2D eigenvalue weighted by Crippen LogP contribution is 2.18. The topological polar surface area (TPSA) is 44.9 Å². The van der Waals surface area contributed by atoms with Gasteiger partial charge in [0.1, 0.15) is 0 Å². The minimum atomic E-state index is -0.0638. The summed E-state index contributed by atoms with van der Waals surface area (Å²) >= 11 is 0. The summed E-state index contributed by atoms with van der Waals surface area (Å²) in [7, 11) is 0. The fourth-order valence-electron chi connectivity index (χ4n) is 1.48. The number of carbonyl (C=O) groups is 1. The standard InChI is InChI=1S/C12H12N2O/c1-9(15)13-7-6-10-8-14-12-5-3-2-4-11(10)12/h2-8,14H,1H3,(H,13,15)/b7-6-. The van der Waals surface area contributed by atoms with E-state index in [1.165, 1.54) is 6.92 Å². The minimum Gasteiger partial charge on any atom is -0.361 e. The van der Waals surface area contributed by atoms with Crippen LogP contribution >= 0.6 is 0 Å². The lowest BCUT2D eigenvalue weighted by Crippen LogP contribution is -2.10. The van der Waals surface area contributed by atoms with Crippen LogP contribution in [0, 0.1) is 0 Å². The van der Waals surface area contributed by atoms with Crippen molar-refractivity contribution in [1.29, 1.82) is 0 Å². The van der Waals surface area contributed by atoms with E-state index in [-0.39, 0.29) is 5.91 Å². The smallest absolute Gasteiger partial charge is 0.220 e. The second-order valence-corrected chi connectivity index (χ2v) is 3.32. The van der Waals surface area contributed by atoms with Crippen LogP contribution in [0.15, 0.2) is 36.7 Å². The first kappa shape index (κ1) is 9.52. The maximum absolute atomic E-state index is 10.7. The lowest BCUT2D eigenvalue weighted by molar-refractivity contribution is -0.118. The number of amides is 1. The average Bonchev–Trinajstić information content (AvgIpc) is 2.62. The van der Waals surface area contributed by atoms with Crippen molar-refractivity contribution in [1.82, 2.24) is 10.3 Å². The molecule has 3 heteroatoms. The Hall–Kier alpha value is -2.03. The first-order valence-corrected chi connectivity index (χ1v) is 4.77. The van der Waals surface area contributed by atoms with Gasteiger partial charge in [-0.25, -0.2) is 0 Å². The summed E-state index contributed by atoms with van der Waals surface area (Å²) < 4.78 is 0. The lowest BCUT2D eigenvalue weighted by atomic mass is 10.2. The molecule has 15 heavy (non-hydrogen) atoms. The number of H-pyrrole nitrogens is 1. The molecule has 2 rings (SSSR count). The normalized spacial score (nSPS) is 11.0. The number of aromatic nitrogens is 1. The van der Waals surface area contributed by atoms with Crippen LogP contribution in [0.25, 0.3) is 17.0 Å². The monoisotopic (exact) mass is 200 g/mol.